The predicted molar refractivity (Wildman–Crippen MR) is 102 cm³/mol. The van der Waals surface area contributed by atoms with Gasteiger partial charge in [-0.3, -0.25) is 14.6 Å². The fraction of sp³-hybridized carbons (Fsp3) is 0.350. The molecular formula is C20H26N4O2. The molecule has 0 saturated carbocycles. The highest BCUT2D eigenvalue weighted by Crippen LogP contribution is 2.08. The average molecular weight is 354 g/mol. The van der Waals surface area contributed by atoms with Gasteiger partial charge in [-0.25, -0.2) is 0 Å². The summed E-state index contributed by atoms with van der Waals surface area (Å²) < 4.78 is 0. The first kappa shape index (κ1) is 19.6. The van der Waals surface area contributed by atoms with Crippen molar-refractivity contribution in [2.45, 2.75) is 19.9 Å². The van der Waals surface area contributed by atoms with E-state index >= 15 is 0 Å². The Kier molecular flexibility index (Phi) is 7.29. The molecule has 1 heterocycles. The molecule has 0 atom stereocenters. The molecule has 0 fully saturated rings. The van der Waals surface area contributed by atoms with E-state index in [2.05, 4.69) is 20.5 Å². The molecule has 6 heteroatoms. The third-order valence-electron chi connectivity index (χ3n) is 4.03. The second kappa shape index (κ2) is 9.68. The Morgan fingerprint density at radius 2 is 1.69 bits per heavy atom. The van der Waals surface area contributed by atoms with Crippen LogP contribution in [0.5, 0.6) is 0 Å². The molecule has 1 aromatic heterocycles. The summed E-state index contributed by atoms with van der Waals surface area (Å²) in [4.78, 5) is 30.6. The fourth-order valence-corrected chi connectivity index (χ4v) is 2.47. The number of pyridine rings is 1. The topological polar surface area (TPSA) is 74.3 Å². The highest BCUT2D eigenvalue weighted by Gasteiger charge is 2.11. The van der Waals surface area contributed by atoms with Crippen molar-refractivity contribution >= 4 is 11.8 Å². The summed E-state index contributed by atoms with van der Waals surface area (Å²) in [6, 6.07) is 9.46. The van der Waals surface area contributed by atoms with E-state index in [-0.39, 0.29) is 11.8 Å². The van der Waals surface area contributed by atoms with Crippen LogP contribution >= 0.6 is 0 Å². The Balaban J connectivity index is 1.92. The minimum absolute atomic E-state index is 0.218. The normalized spacial score (nSPS) is 10.6. The lowest BCUT2D eigenvalue weighted by molar-refractivity contribution is 0.0950. The molecule has 0 bridgehead atoms. The lowest BCUT2D eigenvalue weighted by Gasteiger charge is -2.10. The Hall–Kier alpha value is -2.73. The van der Waals surface area contributed by atoms with Crippen LogP contribution in [0.25, 0.3) is 0 Å². The molecule has 2 rings (SSSR count). The number of nitrogens with zero attached hydrogens (tertiary/aromatic N) is 2. The minimum atomic E-state index is -0.247. The van der Waals surface area contributed by atoms with E-state index in [1.54, 1.807) is 6.07 Å². The summed E-state index contributed by atoms with van der Waals surface area (Å²) in [6.45, 7) is 3.93. The van der Waals surface area contributed by atoms with Crippen LogP contribution in [0, 0.1) is 6.92 Å². The number of rotatable bonds is 8. The van der Waals surface area contributed by atoms with Crippen LogP contribution in [0.4, 0.5) is 0 Å². The van der Waals surface area contributed by atoms with Gasteiger partial charge >= 0.3 is 0 Å². The minimum Gasteiger partial charge on any atom is -0.352 e. The number of hydrogen-bond acceptors (Lipinski definition) is 4. The average Bonchev–Trinajstić information content (AvgIpc) is 2.64. The van der Waals surface area contributed by atoms with E-state index in [1.165, 1.54) is 12.4 Å². The van der Waals surface area contributed by atoms with E-state index in [0.717, 1.165) is 24.1 Å². The number of carbonyl (C=O) groups is 2. The lowest BCUT2D eigenvalue weighted by Crippen LogP contribution is -2.28. The zero-order valence-electron chi connectivity index (χ0n) is 15.6. The van der Waals surface area contributed by atoms with E-state index in [0.29, 0.717) is 24.2 Å². The molecule has 0 aliphatic carbocycles. The summed E-state index contributed by atoms with van der Waals surface area (Å²) >= 11 is 0. The molecule has 6 nitrogen and oxygen atoms in total. The van der Waals surface area contributed by atoms with Crippen LogP contribution in [-0.4, -0.2) is 48.9 Å². The quantitative estimate of drug-likeness (QED) is 0.711. The van der Waals surface area contributed by atoms with Gasteiger partial charge < -0.3 is 15.5 Å². The number of nitrogens with one attached hydrogen (secondary N) is 2. The molecule has 2 N–H and O–H groups in total. The number of aromatic nitrogens is 1. The predicted octanol–water partition coefficient (Wildman–Crippen LogP) is 2.00. The van der Waals surface area contributed by atoms with Crippen molar-refractivity contribution in [3.05, 3.63) is 65.0 Å². The van der Waals surface area contributed by atoms with E-state index < -0.39 is 0 Å². The lowest BCUT2D eigenvalue weighted by atomic mass is 10.1. The maximum atomic E-state index is 12.4. The molecule has 0 saturated heterocycles. The smallest absolute Gasteiger partial charge is 0.253 e. The van der Waals surface area contributed by atoms with Gasteiger partial charge in [0.1, 0.15) is 0 Å². The highest BCUT2D eigenvalue weighted by atomic mass is 16.2. The van der Waals surface area contributed by atoms with Crippen molar-refractivity contribution in [1.82, 2.24) is 20.5 Å². The number of hydrogen-bond donors (Lipinski definition) is 2. The van der Waals surface area contributed by atoms with E-state index in [9.17, 15) is 9.59 Å². The fourth-order valence-electron chi connectivity index (χ4n) is 2.47. The molecule has 0 aliphatic heterocycles. The van der Waals surface area contributed by atoms with Gasteiger partial charge in [-0.15, -0.1) is 0 Å². The van der Waals surface area contributed by atoms with E-state index in [1.807, 2.05) is 45.3 Å². The van der Waals surface area contributed by atoms with Crippen molar-refractivity contribution in [3.63, 3.8) is 0 Å². The molecule has 0 radical (unpaired) electrons. The number of benzene rings is 1. The largest absolute Gasteiger partial charge is 0.352 e. The van der Waals surface area contributed by atoms with Crippen LogP contribution in [-0.2, 0) is 6.54 Å². The molecule has 138 valence electrons. The standard InChI is InChI=1S/C20H26N4O2/c1-15-7-4-5-8-16(15)14-23-20(26)18-11-17(12-21-13-18)19(25)22-9-6-10-24(2)3/h4-5,7-8,11-13H,6,9-10,14H2,1-3H3,(H,22,25)(H,23,26). The summed E-state index contributed by atoms with van der Waals surface area (Å²) in [5.41, 5.74) is 2.94. The molecule has 2 aromatic rings. The molecule has 26 heavy (non-hydrogen) atoms. The van der Waals surface area contributed by atoms with Crippen LogP contribution in [0.3, 0.4) is 0 Å². The van der Waals surface area contributed by atoms with Crippen LogP contribution in [0.2, 0.25) is 0 Å². The molecule has 0 unspecified atom stereocenters. The Morgan fingerprint density at radius 3 is 2.35 bits per heavy atom. The maximum absolute atomic E-state index is 12.4. The van der Waals surface area contributed by atoms with Gasteiger partial charge in [-0.2, -0.15) is 0 Å². The zero-order chi connectivity index (χ0) is 18.9. The third-order valence-corrected chi connectivity index (χ3v) is 4.03. The van der Waals surface area contributed by atoms with Crippen LogP contribution in [0.1, 0.15) is 38.3 Å². The van der Waals surface area contributed by atoms with Crippen LogP contribution < -0.4 is 10.6 Å². The van der Waals surface area contributed by atoms with Gasteiger partial charge in [0.25, 0.3) is 11.8 Å². The first-order valence-corrected chi connectivity index (χ1v) is 8.68. The van der Waals surface area contributed by atoms with Gasteiger partial charge in [-0.05, 0) is 51.2 Å². The SMILES string of the molecule is Cc1ccccc1CNC(=O)c1cncc(C(=O)NCCCN(C)C)c1. The van der Waals surface area contributed by atoms with Gasteiger partial charge in [0, 0.05) is 25.5 Å². The number of aryl methyl sites for hydroxylation is 1. The van der Waals surface area contributed by atoms with Gasteiger partial charge in [0.2, 0.25) is 0 Å². The van der Waals surface area contributed by atoms with Crippen molar-refractivity contribution in [1.29, 1.82) is 0 Å². The van der Waals surface area contributed by atoms with E-state index in [4.69, 9.17) is 0 Å². The molecule has 2 amide bonds. The molecule has 1 aromatic carbocycles. The van der Waals surface area contributed by atoms with Crippen molar-refractivity contribution in [2.24, 2.45) is 0 Å². The maximum Gasteiger partial charge on any atom is 0.253 e. The Morgan fingerprint density at radius 1 is 1.04 bits per heavy atom. The summed E-state index contributed by atoms with van der Waals surface area (Å²) in [5.74, 6) is -0.465. The van der Waals surface area contributed by atoms with Crippen molar-refractivity contribution in [3.8, 4) is 0 Å². The monoisotopic (exact) mass is 354 g/mol. The third kappa shape index (κ3) is 5.97. The second-order valence-electron chi connectivity index (χ2n) is 6.48. The van der Waals surface area contributed by atoms with Gasteiger partial charge in [-0.1, -0.05) is 24.3 Å². The van der Waals surface area contributed by atoms with Crippen molar-refractivity contribution < 1.29 is 9.59 Å². The molecule has 0 aliphatic rings. The number of amides is 2. The van der Waals surface area contributed by atoms with Crippen LogP contribution in [0.15, 0.2) is 42.7 Å². The zero-order valence-corrected chi connectivity index (χ0v) is 15.6. The number of carbonyl (C=O) groups excluding carboxylic acids is 2. The Bertz CT molecular complexity index is 759. The highest BCUT2D eigenvalue weighted by molar-refractivity contribution is 5.99. The Labute approximate surface area is 154 Å². The first-order chi connectivity index (χ1) is 12.5. The summed E-state index contributed by atoms with van der Waals surface area (Å²) in [7, 11) is 3.98. The van der Waals surface area contributed by atoms with Gasteiger partial charge in [0.05, 0.1) is 11.1 Å². The first-order valence-electron chi connectivity index (χ1n) is 8.68. The summed E-state index contributed by atoms with van der Waals surface area (Å²) in [5, 5.41) is 5.72. The molecular weight excluding hydrogens is 328 g/mol. The second-order valence-corrected chi connectivity index (χ2v) is 6.48. The van der Waals surface area contributed by atoms with Gasteiger partial charge in [0.15, 0.2) is 0 Å². The summed E-state index contributed by atoms with van der Waals surface area (Å²) in [6.07, 6.45) is 3.80. The molecule has 0 spiro atoms. The van der Waals surface area contributed by atoms with Crippen molar-refractivity contribution in [2.75, 3.05) is 27.2 Å².